The van der Waals surface area contributed by atoms with Crippen molar-refractivity contribution in [3.05, 3.63) is 33.1 Å². The van der Waals surface area contributed by atoms with Crippen LogP contribution in [0.2, 0.25) is 0 Å². The number of benzene rings is 1. The van der Waals surface area contributed by atoms with E-state index in [2.05, 4.69) is 28.7 Å². The third-order valence-corrected chi connectivity index (χ3v) is 3.37. The van der Waals surface area contributed by atoms with E-state index in [1.54, 1.807) is 14.2 Å². The van der Waals surface area contributed by atoms with Crippen molar-refractivity contribution in [2.45, 2.75) is 6.42 Å². The van der Waals surface area contributed by atoms with Gasteiger partial charge in [-0.25, -0.2) is 0 Å². The lowest BCUT2D eigenvalue weighted by Crippen LogP contribution is -1.97. The summed E-state index contributed by atoms with van der Waals surface area (Å²) >= 11 is 2.16. The van der Waals surface area contributed by atoms with Crippen molar-refractivity contribution in [3.63, 3.8) is 0 Å². The molecule has 0 fully saturated rings. The van der Waals surface area contributed by atoms with Crippen LogP contribution in [0.15, 0.2) is 24.0 Å². The number of halogens is 1. The zero-order valence-corrected chi connectivity index (χ0v) is 12.6. The van der Waals surface area contributed by atoms with Crippen LogP contribution in [0.4, 0.5) is 0 Å². The Bertz CT molecular complexity index is 466. The topological polar surface area (TPSA) is 51.5 Å². The molecule has 0 radical (unpaired) electrons. The van der Waals surface area contributed by atoms with Crippen LogP contribution < -0.4 is 9.47 Å². The molecular formula is C13H14INO3. The number of hydrogen-bond acceptors (Lipinski definition) is 4. The second kappa shape index (κ2) is 7.11. The molecule has 0 amide bonds. The third-order valence-electron chi connectivity index (χ3n) is 2.30. The Kier molecular flexibility index (Phi) is 5.78. The summed E-state index contributed by atoms with van der Waals surface area (Å²) in [6, 6.07) is 5.88. The van der Waals surface area contributed by atoms with Gasteiger partial charge in [0.25, 0.3) is 0 Å². The van der Waals surface area contributed by atoms with Crippen LogP contribution in [0, 0.1) is 14.9 Å². The van der Waals surface area contributed by atoms with Crippen molar-refractivity contribution in [3.8, 4) is 17.6 Å². The Balaban J connectivity index is 3.11. The minimum Gasteiger partial charge on any atom is -0.503 e. The first-order valence-corrected chi connectivity index (χ1v) is 6.26. The molecule has 0 aliphatic carbocycles. The largest absolute Gasteiger partial charge is 0.503 e. The number of allylic oxidation sites excluding steroid dienone is 1. The summed E-state index contributed by atoms with van der Waals surface area (Å²) in [4.78, 5) is 0. The molecule has 0 saturated heterocycles. The maximum atomic E-state index is 8.96. The van der Waals surface area contributed by atoms with E-state index in [1.807, 2.05) is 12.1 Å². The maximum absolute atomic E-state index is 8.96. The van der Waals surface area contributed by atoms with E-state index in [4.69, 9.17) is 19.5 Å². The highest BCUT2D eigenvalue weighted by molar-refractivity contribution is 14.1. The fraction of sp³-hybridized carbons (Fsp3) is 0.308. The van der Waals surface area contributed by atoms with Gasteiger partial charge in [0, 0.05) is 6.42 Å². The maximum Gasteiger partial charge on any atom is 0.136 e. The van der Waals surface area contributed by atoms with Crippen LogP contribution in [0.1, 0.15) is 5.56 Å². The molecule has 0 aliphatic rings. The minimum absolute atomic E-state index is 0.480. The Morgan fingerprint density at radius 2 is 1.83 bits per heavy atom. The van der Waals surface area contributed by atoms with Crippen molar-refractivity contribution in [1.29, 1.82) is 5.26 Å². The second-order valence-corrected chi connectivity index (χ2v) is 4.56. The van der Waals surface area contributed by atoms with Crippen molar-refractivity contribution < 1.29 is 14.2 Å². The Hall–Kier alpha value is -1.42. The quantitative estimate of drug-likeness (QED) is 0.461. The van der Waals surface area contributed by atoms with E-state index >= 15 is 0 Å². The standard InChI is InChI=1S/C13H14INO3/c1-16-8-10(7-15)4-9-5-11(17-2)13(14)12(6-9)18-3/h5-6,8H,4H2,1-3H3. The first-order valence-electron chi connectivity index (χ1n) is 5.18. The third kappa shape index (κ3) is 3.53. The van der Waals surface area contributed by atoms with Gasteiger partial charge in [0.15, 0.2) is 0 Å². The molecule has 1 aromatic carbocycles. The number of nitriles is 1. The number of ether oxygens (including phenoxy) is 3. The predicted molar refractivity (Wildman–Crippen MR) is 76.7 cm³/mol. The fourth-order valence-electron chi connectivity index (χ4n) is 1.50. The molecule has 0 saturated carbocycles. The Morgan fingerprint density at radius 1 is 1.28 bits per heavy atom. The van der Waals surface area contributed by atoms with Crippen LogP contribution in [-0.4, -0.2) is 21.3 Å². The molecular weight excluding hydrogens is 345 g/mol. The first-order chi connectivity index (χ1) is 8.65. The molecule has 0 atom stereocenters. The van der Waals surface area contributed by atoms with Gasteiger partial charge in [0.1, 0.15) is 11.5 Å². The van der Waals surface area contributed by atoms with E-state index in [0.29, 0.717) is 12.0 Å². The van der Waals surface area contributed by atoms with Gasteiger partial charge in [-0.3, -0.25) is 0 Å². The van der Waals surface area contributed by atoms with E-state index in [-0.39, 0.29) is 0 Å². The predicted octanol–water partition coefficient (Wildman–Crippen LogP) is 2.90. The molecule has 4 nitrogen and oxygen atoms in total. The van der Waals surface area contributed by atoms with Gasteiger partial charge < -0.3 is 14.2 Å². The molecule has 5 heteroatoms. The van der Waals surface area contributed by atoms with Crippen LogP contribution in [-0.2, 0) is 11.2 Å². The molecule has 1 rings (SSSR count). The summed E-state index contributed by atoms with van der Waals surface area (Å²) < 4.78 is 16.3. The van der Waals surface area contributed by atoms with Gasteiger partial charge in [0.05, 0.1) is 42.8 Å². The first kappa shape index (κ1) is 14.6. The molecule has 0 bridgehead atoms. The van der Waals surface area contributed by atoms with Crippen LogP contribution in [0.25, 0.3) is 0 Å². The van der Waals surface area contributed by atoms with E-state index in [1.165, 1.54) is 13.4 Å². The van der Waals surface area contributed by atoms with Crippen molar-refractivity contribution in [1.82, 2.24) is 0 Å². The van der Waals surface area contributed by atoms with Gasteiger partial charge in [-0.15, -0.1) is 0 Å². The minimum atomic E-state index is 0.480. The summed E-state index contributed by atoms with van der Waals surface area (Å²) in [5, 5.41) is 8.96. The van der Waals surface area contributed by atoms with Gasteiger partial charge in [-0.2, -0.15) is 5.26 Å². The number of rotatable bonds is 5. The summed E-state index contributed by atoms with van der Waals surface area (Å²) in [5.74, 6) is 1.47. The molecule has 18 heavy (non-hydrogen) atoms. The summed E-state index contributed by atoms with van der Waals surface area (Å²) in [6.07, 6.45) is 1.92. The van der Waals surface area contributed by atoms with Crippen LogP contribution in [0.5, 0.6) is 11.5 Å². The van der Waals surface area contributed by atoms with Crippen molar-refractivity contribution in [2.24, 2.45) is 0 Å². The molecule has 1 aromatic rings. The highest BCUT2D eigenvalue weighted by atomic mass is 127. The molecule has 0 unspecified atom stereocenters. The normalized spacial score (nSPS) is 10.7. The summed E-state index contributed by atoms with van der Waals surface area (Å²) in [6.45, 7) is 0. The average Bonchev–Trinajstić information content (AvgIpc) is 2.39. The van der Waals surface area contributed by atoms with Gasteiger partial charge in [0.2, 0.25) is 0 Å². The summed E-state index contributed by atoms with van der Waals surface area (Å²) in [7, 11) is 4.74. The molecule has 0 heterocycles. The monoisotopic (exact) mass is 359 g/mol. The van der Waals surface area contributed by atoms with E-state index in [0.717, 1.165) is 20.6 Å². The molecule has 96 valence electrons. The molecule has 0 N–H and O–H groups in total. The SMILES string of the molecule is COC=C(C#N)Cc1cc(OC)c(I)c(OC)c1. The second-order valence-electron chi connectivity index (χ2n) is 3.48. The van der Waals surface area contributed by atoms with Crippen LogP contribution >= 0.6 is 22.6 Å². The zero-order chi connectivity index (χ0) is 13.5. The Morgan fingerprint density at radius 3 is 2.22 bits per heavy atom. The molecule has 0 aliphatic heterocycles. The van der Waals surface area contributed by atoms with Gasteiger partial charge in [-0.1, -0.05) is 0 Å². The van der Waals surface area contributed by atoms with Crippen molar-refractivity contribution >= 4 is 22.6 Å². The average molecular weight is 359 g/mol. The molecule has 0 spiro atoms. The van der Waals surface area contributed by atoms with E-state index < -0.39 is 0 Å². The van der Waals surface area contributed by atoms with Gasteiger partial charge in [-0.05, 0) is 40.3 Å². The van der Waals surface area contributed by atoms with E-state index in [9.17, 15) is 0 Å². The lowest BCUT2D eigenvalue weighted by atomic mass is 10.1. The lowest BCUT2D eigenvalue weighted by molar-refractivity contribution is 0.334. The van der Waals surface area contributed by atoms with Gasteiger partial charge >= 0.3 is 0 Å². The number of methoxy groups -OCH3 is 3. The Labute approximate surface area is 120 Å². The summed E-state index contributed by atoms with van der Waals surface area (Å²) in [5.41, 5.74) is 1.48. The number of nitrogens with zero attached hydrogens (tertiary/aromatic N) is 1. The lowest BCUT2D eigenvalue weighted by Gasteiger charge is -2.11. The fourth-order valence-corrected chi connectivity index (χ4v) is 2.25. The molecule has 0 aromatic heterocycles. The van der Waals surface area contributed by atoms with Crippen molar-refractivity contribution in [2.75, 3.05) is 21.3 Å². The zero-order valence-electron chi connectivity index (χ0n) is 10.5. The smallest absolute Gasteiger partial charge is 0.136 e. The highest BCUT2D eigenvalue weighted by Crippen LogP contribution is 2.32. The highest BCUT2D eigenvalue weighted by Gasteiger charge is 2.11. The van der Waals surface area contributed by atoms with Crippen LogP contribution in [0.3, 0.4) is 0 Å². The number of hydrogen-bond donors (Lipinski definition) is 0.